The van der Waals surface area contributed by atoms with Crippen LogP contribution in [0.2, 0.25) is 0 Å². The lowest BCUT2D eigenvalue weighted by Gasteiger charge is -2.17. The van der Waals surface area contributed by atoms with Gasteiger partial charge in [-0.05, 0) is 31.2 Å². The molecular weight excluding hydrogens is 414 g/mol. The zero-order valence-corrected chi connectivity index (χ0v) is 15.2. The summed E-state index contributed by atoms with van der Waals surface area (Å²) in [7, 11) is 0. The fraction of sp³-hybridized carbons (Fsp3) is 0.211. The minimum absolute atomic E-state index is 0.0764. The molecule has 30 heavy (non-hydrogen) atoms. The van der Waals surface area contributed by atoms with E-state index in [4.69, 9.17) is 10.00 Å². The number of benzene rings is 2. The largest absolute Gasteiger partial charge is 0.489 e. The molecule has 5 nitrogen and oxygen atoms in total. The van der Waals surface area contributed by atoms with Gasteiger partial charge in [0.2, 0.25) is 0 Å². The van der Waals surface area contributed by atoms with Crippen molar-refractivity contribution in [3.63, 3.8) is 0 Å². The van der Waals surface area contributed by atoms with Crippen LogP contribution in [0.25, 0.3) is 11.3 Å². The van der Waals surface area contributed by atoms with Gasteiger partial charge in [0.15, 0.2) is 5.69 Å². The Kier molecular flexibility index (Phi) is 5.43. The number of aromatic amines is 1. The number of rotatable bonds is 4. The molecule has 3 rings (SSSR count). The Balaban J connectivity index is 1.96. The molecule has 1 aromatic heterocycles. The van der Waals surface area contributed by atoms with Gasteiger partial charge >= 0.3 is 12.4 Å². The van der Waals surface area contributed by atoms with Gasteiger partial charge in [0.25, 0.3) is 0 Å². The zero-order valence-electron chi connectivity index (χ0n) is 15.2. The van der Waals surface area contributed by atoms with Crippen LogP contribution in [-0.2, 0) is 19.0 Å². The van der Waals surface area contributed by atoms with Gasteiger partial charge in [-0.25, -0.2) is 5.10 Å². The molecule has 11 heteroatoms. The van der Waals surface area contributed by atoms with Crippen molar-refractivity contribution in [2.24, 2.45) is 0 Å². The van der Waals surface area contributed by atoms with Gasteiger partial charge < -0.3 is 4.74 Å². The first-order chi connectivity index (χ1) is 14.0. The molecule has 0 bridgehead atoms. The van der Waals surface area contributed by atoms with Crippen molar-refractivity contribution in [1.82, 2.24) is 15.4 Å². The molecule has 0 saturated heterocycles. The van der Waals surface area contributed by atoms with E-state index in [9.17, 15) is 26.3 Å². The molecule has 0 saturated carbocycles. The van der Waals surface area contributed by atoms with E-state index in [0.29, 0.717) is 29.3 Å². The van der Waals surface area contributed by atoms with E-state index < -0.39 is 35.6 Å². The number of aromatic nitrogens is 3. The highest BCUT2D eigenvalue weighted by molar-refractivity contribution is 5.70. The molecular formula is C19H12F6N4O. The normalized spacial score (nSPS) is 11.9. The Hall–Kier alpha value is -3.55. The van der Waals surface area contributed by atoms with Crippen LogP contribution in [0.4, 0.5) is 26.3 Å². The molecule has 0 aliphatic carbocycles. The third kappa shape index (κ3) is 4.22. The van der Waals surface area contributed by atoms with E-state index >= 15 is 0 Å². The molecule has 0 amide bonds. The smallest absolute Gasteiger partial charge is 0.416 e. The maximum Gasteiger partial charge on any atom is 0.416 e. The predicted molar refractivity (Wildman–Crippen MR) is 92.0 cm³/mol. The summed E-state index contributed by atoms with van der Waals surface area (Å²) in [4.78, 5) is 0. The number of hydrogen-bond acceptors (Lipinski definition) is 4. The third-order valence-corrected chi connectivity index (χ3v) is 4.32. The average molecular weight is 426 g/mol. The second-order valence-corrected chi connectivity index (χ2v) is 6.23. The summed E-state index contributed by atoms with van der Waals surface area (Å²) in [6.45, 7) is 0.838. The number of hydrogen-bond donors (Lipinski definition) is 1. The van der Waals surface area contributed by atoms with E-state index in [1.807, 2.05) is 6.07 Å². The number of H-pyrrole nitrogens is 1. The highest BCUT2D eigenvalue weighted by Gasteiger charge is 2.37. The highest BCUT2D eigenvalue weighted by Crippen LogP contribution is 2.37. The second kappa shape index (κ2) is 7.70. The SMILES string of the molecule is Cc1c(OCc2cc(C(F)(F)F)ccc2C(F)(F)F)cccc1-c1nn[nH]c1C#N. The minimum atomic E-state index is -4.85. The van der Waals surface area contributed by atoms with Crippen molar-refractivity contribution >= 4 is 0 Å². The molecule has 0 unspecified atom stereocenters. The second-order valence-electron chi connectivity index (χ2n) is 6.23. The first kappa shape index (κ1) is 21.2. The summed E-state index contributed by atoms with van der Waals surface area (Å²) in [5.74, 6) is 0.130. The zero-order chi connectivity index (χ0) is 22.1. The van der Waals surface area contributed by atoms with Gasteiger partial charge in [-0.1, -0.05) is 17.3 Å². The number of halogens is 6. The molecule has 0 aliphatic heterocycles. The fourth-order valence-corrected chi connectivity index (χ4v) is 2.84. The molecule has 0 atom stereocenters. The molecule has 3 aromatic rings. The van der Waals surface area contributed by atoms with Crippen molar-refractivity contribution < 1.29 is 31.1 Å². The summed E-state index contributed by atoms with van der Waals surface area (Å²) < 4.78 is 83.9. The lowest BCUT2D eigenvalue weighted by molar-refractivity contribution is -0.142. The third-order valence-electron chi connectivity index (χ3n) is 4.32. The molecule has 1 N–H and O–H groups in total. The monoisotopic (exact) mass is 426 g/mol. The molecule has 0 fully saturated rings. The van der Waals surface area contributed by atoms with Gasteiger partial charge in [-0.3, -0.25) is 0 Å². The predicted octanol–water partition coefficient (Wildman–Crippen LogP) is 5.27. The standard InChI is InChI=1S/C19H12F6N4O/c1-10-13(17-15(8-26)27-29-28-17)3-2-4-16(10)30-9-11-7-12(18(20,21)22)5-6-14(11)19(23,24)25/h2-7H,9H2,1H3,(H,27,28,29). The molecule has 156 valence electrons. The van der Waals surface area contributed by atoms with Crippen LogP contribution in [-0.4, -0.2) is 15.4 Å². The average Bonchev–Trinajstić information content (AvgIpc) is 3.14. The number of ether oxygens (including phenoxy) is 1. The Morgan fingerprint density at radius 2 is 1.80 bits per heavy atom. The first-order valence-electron chi connectivity index (χ1n) is 8.33. The van der Waals surface area contributed by atoms with Crippen molar-refractivity contribution in [1.29, 1.82) is 5.26 Å². The van der Waals surface area contributed by atoms with Crippen LogP contribution in [0, 0.1) is 18.3 Å². The van der Waals surface area contributed by atoms with Gasteiger partial charge in [0, 0.05) is 16.7 Å². The van der Waals surface area contributed by atoms with Gasteiger partial charge in [-0.15, -0.1) is 5.10 Å². The van der Waals surface area contributed by atoms with Crippen molar-refractivity contribution in [2.45, 2.75) is 25.9 Å². The van der Waals surface area contributed by atoms with Crippen LogP contribution in [0.5, 0.6) is 5.75 Å². The quantitative estimate of drug-likeness (QED) is 0.577. The summed E-state index contributed by atoms with van der Waals surface area (Å²) in [5.41, 5.74) is -1.90. The molecule has 0 aliphatic rings. The van der Waals surface area contributed by atoms with Crippen LogP contribution in [0.3, 0.4) is 0 Å². The summed E-state index contributed by atoms with van der Waals surface area (Å²) in [6.07, 6.45) is -9.64. The minimum Gasteiger partial charge on any atom is -0.489 e. The Bertz CT molecular complexity index is 1110. The maximum absolute atomic E-state index is 13.2. The summed E-state index contributed by atoms with van der Waals surface area (Å²) in [6, 6.07) is 7.64. The van der Waals surface area contributed by atoms with Crippen LogP contribution >= 0.6 is 0 Å². The van der Waals surface area contributed by atoms with Crippen LogP contribution in [0.15, 0.2) is 36.4 Å². The molecule has 0 radical (unpaired) electrons. The van der Waals surface area contributed by atoms with E-state index in [1.54, 1.807) is 13.0 Å². The molecule has 0 spiro atoms. The number of nitrogens with one attached hydrogen (secondary N) is 1. The van der Waals surface area contributed by atoms with E-state index in [-0.39, 0.29) is 17.1 Å². The van der Waals surface area contributed by atoms with Gasteiger partial charge in [0.1, 0.15) is 24.1 Å². The van der Waals surface area contributed by atoms with Crippen molar-refractivity contribution in [3.05, 3.63) is 64.3 Å². The lowest BCUT2D eigenvalue weighted by Crippen LogP contribution is -2.14. The van der Waals surface area contributed by atoms with Crippen molar-refractivity contribution in [3.8, 4) is 23.1 Å². The van der Waals surface area contributed by atoms with Crippen LogP contribution < -0.4 is 4.74 Å². The Morgan fingerprint density at radius 3 is 2.43 bits per heavy atom. The summed E-state index contributed by atoms with van der Waals surface area (Å²) in [5, 5.41) is 18.8. The number of nitriles is 1. The lowest BCUT2D eigenvalue weighted by atomic mass is 10.0. The fourth-order valence-electron chi connectivity index (χ4n) is 2.84. The first-order valence-corrected chi connectivity index (χ1v) is 8.33. The van der Waals surface area contributed by atoms with Gasteiger partial charge in [-0.2, -0.15) is 31.6 Å². The topological polar surface area (TPSA) is 74.6 Å². The van der Waals surface area contributed by atoms with E-state index in [2.05, 4.69) is 15.4 Å². The number of alkyl halides is 6. The van der Waals surface area contributed by atoms with Gasteiger partial charge in [0.05, 0.1) is 11.1 Å². The van der Waals surface area contributed by atoms with Crippen molar-refractivity contribution in [2.75, 3.05) is 0 Å². The molecule has 2 aromatic carbocycles. The Morgan fingerprint density at radius 1 is 1.07 bits per heavy atom. The highest BCUT2D eigenvalue weighted by atomic mass is 19.4. The number of nitrogens with zero attached hydrogens (tertiary/aromatic N) is 3. The summed E-state index contributed by atoms with van der Waals surface area (Å²) >= 11 is 0. The van der Waals surface area contributed by atoms with E-state index in [0.717, 1.165) is 0 Å². The van der Waals surface area contributed by atoms with E-state index in [1.165, 1.54) is 12.1 Å². The molecule has 1 heterocycles. The van der Waals surface area contributed by atoms with Crippen LogP contribution in [0.1, 0.15) is 27.9 Å². The Labute approximate surface area is 165 Å². The maximum atomic E-state index is 13.2.